The fourth-order valence-electron chi connectivity index (χ4n) is 4.43. The molecule has 0 bridgehead atoms. The first-order valence-corrected chi connectivity index (χ1v) is 14.6. The molecule has 0 aromatic heterocycles. The van der Waals surface area contributed by atoms with Crippen molar-refractivity contribution >= 4 is 27.5 Å². The van der Waals surface area contributed by atoms with Gasteiger partial charge in [0.2, 0.25) is 21.8 Å². The fourth-order valence-corrected chi connectivity index (χ4v) is 5.27. The maximum absolute atomic E-state index is 14.0. The number of amides is 2. The lowest BCUT2D eigenvalue weighted by molar-refractivity contribution is -0.140. The minimum atomic E-state index is -3.87. The Balaban J connectivity index is 1.70. The third kappa shape index (κ3) is 7.29. The van der Waals surface area contributed by atoms with Gasteiger partial charge in [-0.25, -0.2) is 8.42 Å². The van der Waals surface area contributed by atoms with E-state index in [9.17, 15) is 18.0 Å². The molecule has 39 heavy (non-hydrogen) atoms. The number of hydrogen-bond donors (Lipinski definition) is 1. The standard InChI is InChI=1S/C29H33N3O6S/c1-3-30-29(34)25(18-22-10-6-4-7-11-22)31(20-23-12-8-5-9-13-23)28(33)21-32(39(2,35)36)24-14-15-26-27(19-24)38-17-16-37-26/h4-15,19,25H,3,16-18,20-21H2,1-2H3,(H,30,34). The second-order valence-electron chi connectivity index (χ2n) is 9.20. The van der Waals surface area contributed by atoms with Crippen LogP contribution in [0.2, 0.25) is 0 Å². The summed E-state index contributed by atoms with van der Waals surface area (Å²) in [6.45, 7) is 2.59. The Morgan fingerprint density at radius 2 is 1.51 bits per heavy atom. The predicted molar refractivity (Wildman–Crippen MR) is 149 cm³/mol. The van der Waals surface area contributed by atoms with Gasteiger partial charge in [-0.2, -0.15) is 0 Å². The molecule has 0 fully saturated rings. The predicted octanol–water partition coefficient (Wildman–Crippen LogP) is 3.00. The number of rotatable bonds is 11. The van der Waals surface area contributed by atoms with Gasteiger partial charge in [0, 0.05) is 25.6 Å². The highest BCUT2D eigenvalue weighted by Gasteiger charge is 2.33. The topological polar surface area (TPSA) is 105 Å². The van der Waals surface area contributed by atoms with Crippen LogP contribution in [-0.4, -0.2) is 63.7 Å². The van der Waals surface area contributed by atoms with Gasteiger partial charge < -0.3 is 19.7 Å². The summed E-state index contributed by atoms with van der Waals surface area (Å²) < 4.78 is 38.0. The Morgan fingerprint density at radius 3 is 2.13 bits per heavy atom. The number of benzene rings is 3. The van der Waals surface area contributed by atoms with Crippen LogP contribution < -0.4 is 19.1 Å². The molecule has 4 rings (SSSR count). The lowest BCUT2D eigenvalue weighted by Gasteiger charge is -2.33. The van der Waals surface area contributed by atoms with E-state index >= 15 is 0 Å². The van der Waals surface area contributed by atoms with Gasteiger partial charge in [-0.1, -0.05) is 60.7 Å². The van der Waals surface area contributed by atoms with Gasteiger partial charge in [-0.15, -0.1) is 0 Å². The van der Waals surface area contributed by atoms with Gasteiger partial charge in [-0.3, -0.25) is 13.9 Å². The van der Waals surface area contributed by atoms with E-state index in [1.165, 1.54) is 4.90 Å². The van der Waals surface area contributed by atoms with E-state index in [2.05, 4.69) is 5.32 Å². The molecule has 0 spiro atoms. The zero-order chi connectivity index (χ0) is 27.8. The number of fused-ring (bicyclic) bond motifs is 1. The monoisotopic (exact) mass is 551 g/mol. The van der Waals surface area contributed by atoms with Crippen molar-refractivity contribution < 1.29 is 27.5 Å². The van der Waals surface area contributed by atoms with Crippen molar-refractivity contribution in [2.75, 3.05) is 36.9 Å². The van der Waals surface area contributed by atoms with Gasteiger partial charge in [0.15, 0.2) is 11.5 Å². The molecule has 0 saturated heterocycles. The van der Waals surface area contributed by atoms with Crippen LogP contribution in [0.3, 0.4) is 0 Å². The van der Waals surface area contributed by atoms with Crippen LogP contribution in [0, 0.1) is 0 Å². The molecule has 3 aromatic rings. The van der Waals surface area contributed by atoms with Gasteiger partial charge >= 0.3 is 0 Å². The zero-order valence-electron chi connectivity index (χ0n) is 22.1. The number of anilines is 1. The van der Waals surface area contributed by atoms with Crippen molar-refractivity contribution in [2.24, 2.45) is 0 Å². The third-order valence-corrected chi connectivity index (χ3v) is 7.45. The summed E-state index contributed by atoms with van der Waals surface area (Å²) in [4.78, 5) is 28.8. The Kier molecular flexibility index (Phi) is 9.08. The molecule has 1 aliphatic rings. The molecule has 1 heterocycles. The zero-order valence-corrected chi connectivity index (χ0v) is 22.9. The van der Waals surface area contributed by atoms with E-state index in [1.54, 1.807) is 18.2 Å². The second kappa shape index (κ2) is 12.7. The SMILES string of the molecule is CCNC(=O)C(Cc1ccccc1)N(Cc1ccccc1)C(=O)CN(c1ccc2c(c1)OCCO2)S(C)(=O)=O. The summed E-state index contributed by atoms with van der Waals surface area (Å²) in [5, 5.41) is 2.84. The van der Waals surface area contributed by atoms with Crippen LogP contribution >= 0.6 is 0 Å². The van der Waals surface area contributed by atoms with Crippen molar-refractivity contribution in [3.63, 3.8) is 0 Å². The lowest BCUT2D eigenvalue weighted by atomic mass is 10.0. The van der Waals surface area contributed by atoms with Gasteiger partial charge in [0.25, 0.3) is 0 Å². The number of carbonyl (C=O) groups excluding carboxylic acids is 2. The number of sulfonamides is 1. The quantitative estimate of drug-likeness (QED) is 0.393. The molecule has 0 aliphatic carbocycles. The first kappa shape index (κ1) is 28.0. The molecule has 1 N–H and O–H groups in total. The van der Waals surface area contributed by atoms with Crippen LogP contribution in [0.1, 0.15) is 18.1 Å². The van der Waals surface area contributed by atoms with Crippen molar-refractivity contribution in [3.05, 3.63) is 90.0 Å². The first-order chi connectivity index (χ1) is 18.8. The Bertz CT molecular complexity index is 1380. The number of nitrogens with one attached hydrogen (secondary N) is 1. The van der Waals surface area contributed by atoms with E-state index in [-0.39, 0.29) is 24.6 Å². The number of hydrogen-bond acceptors (Lipinski definition) is 6. The smallest absolute Gasteiger partial charge is 0.244 e. The summed E-state index contributed by atoms with van der Waals surface area (Å²) in [7, 11) is -3.87. The van der Waals surface area contributed by atoms with Gasteiger partial charge in [0.05, 0.1) is 11.9 Å². The number of carbonyl (C=O) groups is 2. The second-order valence-corrected chi connectivity index (χ2v) is 11.1. The van der Waals surface area contributed by atoms with Crippen molar-refractivity contribution in [1.29, 1.82) is 0 Å². The molecule has 0 radical (unpaired) electrons. The molecule has 3 aromatic carbocycles. The van der Waals surface area contributed by atoms with Crippen LogP contribution in [0.15, 0.2) is 78.9 Å². The van der Waals surface area contributed by atoms with E-state index in [0.29, 0.717) is 31.3 Å². The van der Waals surface area contributed by atoms with E-state index in [4.69, 9.17) is 9.47 Å². The maximum Gasteiger partial charge on any atom is 0.244 e. The van der Waals surface area contributed by atoms with Gasteiger partial charge in [0.1, 0.15) is 25.8 Å². The average molecular weight is 552 g/mol. The third-order valence-electron chi connectivity index (χ3n) is 6.31. The normalized spacial score (nSPS) is 13.3. The van der Waals surface area contributed by atoms with E-state index in [0.717, 1.165) is 21.7 Å². The first-order valence-electron chi connectivity index (χ1n) is 12.8. The fraction of sp³-hybridized carbons (Fsp3) is 0.310. The minimum absolute atomic E-state index is 0.132. The van der Waals surface area contributed by atoms with Crippen LogP contribution in [0.25, 0.3) is 0 Å². The highest BCUT2D eigenvalue weighted by molar-refractivity contribution is 7.92. The Morgan fingerprint density at radius 1 is 0.897 bits per heavy atom. The maximum atomic E-state index is 14.0. The summed E-state index contributed by atoms with van der Waals surface area (Å²) in [6, 6.07) is 22.6. The number of nitrogens with zero attached hydrogens (tertiary/aromatic N) is 2. The highest BCUT2D eigenvalue weighted by atomic mass is 32.2. The summed E-state index contributed by atoms with van der Waals surface area (Å²) >= 11 is 0. The largest absolute Gasteiger partial charge is 0.486 e. The molecule has 9 nitrogen and oxygen atoms in total. The van der Waals surface area contributed by atoms with Crippen molar-refractivity contribution in [2.45, 2.75) is 25.9 Å². The molecule has 1 atom stereocenters. The van der Waals surface area contributed by atoms with Crippen molar-refractivity contribution in [1.82, 2.24) is 10.2 Å². The van der Waals surface area contributed by atoms with E-state index in [1.807, 2.05) is 67.6 Å². The van der Waals surface area contributed by atoms with Crippen molar-refractivity contribution in [3.8, 4) is 11.5 Å². The summed E-state index contributed by atoms with van der Waals surface area (Å²) in [5.41, 5.74) is 1.97. The minimum Gasteiger partial charge on any atom is -0.486 e. The number of likely N-dealkylation sites (N-methyl/N-ethyl adjacent to an activating group) is 1. The Hall–Kier alpha value is -4.05. The Labute approximate surface area is 229 Å². The lowest BCUT2D eigenvalue weighted by Crippen LogP contribution is -2.53. The molecule has 2 amide bonds. The molecular formula is C29H33N3O6S. The average Bonchev–Trinajstić information content (AvgIpc) is 2.94. The summed E-state index contributed by atoms with van der Waals surface area (Å²) in [6.07, 6.45) is 1.32. The van der Waals surface area contributed by atoms with Crippen LogP contribution in [0.4, 0.5) is 5.69 Å². The molecule has 206 valence electrons. The van der Waals surface area contributed by atoms with Crippen LogP contribution in [-0.2, 0) is 32.6 Å². The molecule has 0 saturated carbocycles. The number of ether oxygens (including phenoxy) is 2. The van der Waals surface area contributed by atoms with Crippen LogP contribution in [0.5, 0.6) is 11.5 Å². The van der Waals surface area contributed by atoms with E-state index < -0.39 is 28.5 Å². The molecule has 10 heteroatoms. The van der Waals surface area contributed by atoms with Gasteiger partial charge in [-0.05, 0) is 30.2 Å². The highest BCUT2D eigenvalue weighted by Crippen LogP contribution is 2.34. The summed E-state index contributed by atoms with van der Waals surface area (Å²) in [5.74, 6) is 0.0992. The molecular weight excluding hydrogens is 518 g/mol. The molecule has 1 aliphatic heterocycles. The molecule has 1 unspecified atom stereocenters.